The van der Waals surface area contributed by atoms with E-state index in [1.807, 2.05) is 48.5 Å². The zero-order valence-corrected chi connectivity index (χ0v) is 14.5. The molecule has 2 aliphatic heterocycles. The molecule has 1 aromatic carbocycles. The lowest BCUT2D eigenvalue weighted by Crippen LogP contribution is -2.42. The molecule has 6 nitrogen and oxygen atoms in total. The number of amides is 1. The first kappa shape index (κ1) is 15.3. The summed E-state index contributed by atoms with van der Waals surface area (Å²) in [5.74, 6) is 0.819. The molecule has 1 amide bonds. The zero-order chi connectivity index (χ0) is 17.7. The average molecular weight is 345 g/mol. The Balaban J connectivity index is 1.50. The number of carbonyl (C=O) groups is 1. The summed E-state index contributed by atoms with van der Waals surface area (Å²) < 4.78 is 1.67. The number of rotatable bonds is 2. The van der Waals surface area contributed by atoms with E-state index in [0.717, 1.165) is 41.9 Å². The van der Waals surface area contributed by atoms with E-state index >= 15 is 0 Å². The maximum Gasteiger partial charge on any atom is 0.257 e. The zero-order valence-electron chi connectivity index (χ0n) is 14.5. The Bertz CT molecular complexity index is 981. The lowest BCUT2D eigenvalue weighted by atomic mass is 9.98. The van der Waals surface area contributed by atoms with Gasteiger partial charge < -0.3 is 4.90 Å². The van der Waals surface area contributed by atoms with Crippen molar-refractivity contribution < 1.29 is 4.79 Å². The van der Waals surface area contributed by atoms with Crippen LogP contribution < -0.4 is 0 Å². The number of benzene rings is 1. The summed E-state index contributed by atoms with van der Waals surface area (Å²) >= 11 is 0. The van der Waals surface area contributed by atoms with Gasteiger partial charge in [0.15, 0.2) is 5.82 Å². The van der Waals surface area contributed by atoms with Crippen molar-refractivity contribution in [2.75, 3.05) is 0 Å². The van der Waals surface area contributed by atoms with Gasteiger partial charge in [0.1, 0.15) is 0 Å². The molecule has 2 bridgehead atoms. The SMILES string of the molecule is Cn1cc(C(=O)N2C3CCC2c2cnc(-c4ccccc4)nc2C3)cn1. The first-order valence-electron chi connectivity index (χ1n) is 8.93. The van der Waals surface area contributed by atoms with Crippen molar-refractivity contribution in [3.63, 3.8) is 0 Å². The molecule has 0 N–H and O–H groups in total. The van der Waals surface area contributed by atoms with Crippen molar-refractivity contribution in [3.8, 4) is 11.4 Å². The van der Waals surface area contributed by atoms with Gasteiger partial charge in [-0.3, -0.25) is 9.48 Å². The molecular weight excluding hydrogens is 326 g/mol. The minimum Gasteiger partial charge on any atom is -0.328 e. The smallest absolute Gasteiger partial charge is 0.257 e. The molecule has 130 valence electrons. The maximum atomic E-state index is 13.0. The number of hydrogen-bond acceptors (Lipinski definition) is 4. The van der Waals surface area contributed by atoms with E-state index in [1.54, 1.807) is 17.1 Å². The fourth-order valence-corrected chi connectivity index (χ4v) is 4.19. The summed E-state index contributed by atoms with van der Waals surface area (Å²) in [7, 11) is 1.83. The van der Waals surface area contributed by atoms with Crippen molar-refractivity contribution in [3.05, 3.63) is 65.7 Å². The molecule has 0 spiro atoms. The molecule has 0 radical (unpaired) electrons. The van der Waals surface area contributed by atoms with Gasteiger partial charge in [-0.05, 0) is 12.8 Å². The van der Waals surface area contributed by atoms with Gasteiger partial charge in [0.05, 0.1) is 23.5 Å². The van der Waals surface area contributed by atoms with Crippen LogP contribution in [0, 0.1) is 0 Å². The van der Waals surface area contributed by atoms with Crippen LogP contribution in [0.15, 0.2) is 48.9 Å². The number of hydrogen-bond donors (Lipinski definition) is 0. The van der Waals surface area contributed by atoms with Crippen LogP contribution in [0.25, 0.3) is 11.4 Å². The Morgan fingerprint density at radius 3 is 2.77 bits per heavy atom. The Labute approximate surface area is 151 Å². The molecular formula is C20H19N5O. The minimum absolute atomic E-state index is 0.0587. The van der Waals surface area contributed by atoms with Crippen LogP contribution >= 0.6 is 0 Å². The highest BCUT2D eigenvalue weighted by molar-refractivity contribution is 5.94. The molecule has 2 atom stereocenters. The summed E-state index contributed by atoms with van der Waals surface area (Å²) in [6.07, 6.45) is 8.12. The Morgan fingerprint density at radius 1 is 1.15 bits per heavy atom. The number of aryl methyl sites for hydroxylation is 1. The standard InChI is InChI=1S/C20H19N5O/c1-24-12-14(10-22-24)20(26)25-15-7-8-18(25)16-11-21-19(23-17(16)9-15)13-5-3-2-4-6-13/h2-6,10-12,15,18H,7-9H2,1H3. The van der Waals surface area contributed by atoms with E-state index in [1.165, 1.54) is 0 Å². The van der Waals surface area contributed by atoms with Gasteiger partial charge in [0.25, 0.3) is 5.91 Å². The van der Waals surface area contributed by atoms with Gasteiger partial charge in [0, 0.05) is 43.0 Å². The third-order valence-corrected chi connectivity index (χ3v) is 5.41. The van der Waals surface area contributed by atoms with Gasteiger partial charge in [-0.2, -0.15) is 5.10 Å². The van der Waals surface area contributed by atoms with Gasteiger partial charge in [-0.1, -0.05) is 30.3 Å². The van der Waals surface area contributed by atoms with Gasteiger partial charge >= 0.3 is 0 Å². The third-order valence-electron chi connectivity index (χ3n) is 5.41. The molecule has 3 aromatic rings. The molecule has 5 rings (SSSR count). The fourth-order valence-electron chi connectivity index (χ4n) is 4.19. The summed E-state index contributed by atoms with van der Waals surface area (Å²) in [6.45, 7) is 0. The summed E-state index contributed by atoms with van der Waals surface area (Å²) in [4.78, 5) is 24.4. The summed E-state index contributed by atoms with van der Waals surface area (Å²) in [5.41, 5.74) is 3.85. The van der Waals surface area contributed by atoms with Gasteiger partial charge in [-0.15, -0.1) is 0 Å². The van der Waals surface area contributed by atoms with E-state index in [4.69, 9.17) is 4.98 Å². The second-order valence-corrected chi connectivity index (χ2v) is 7.03. The van der Waals surface area contributed by atoms with E-state index < -0.39 is 0 Å². The monoisotopic (exact) mass is 345 g/mol. The predicted octanol–water partition coefficient (Wildman–Crippen LogP) is 2.78. The highest BCUT2D eigenvalue weighted by Crippen LogP contribution is 2.43. The van der Waals surface area contributed by atoms with Crippen LogP contribution in [-0.4, -0.2) is 36.6 Å². The van der Waals surface area contributed by atoms with E-state index in [9.17, 15) is 4.79 Å². The Morgan fingerprint density at radius 2 is 2.00 bits per heavy atom. The largest absolute Gasteiger partial charge is 0.328 e. The van der Waals surface area contributed by atoms with Crippen molar-refractivity contribution >= 4 is 5.91 Å². The number of nitrogens with zero attached hydrogens (tertiary/aromatic N) is 5. The Hall–Kier alpha value is -3.02. The molecule has 26 heavy (non-hydrogen) atoms. The molecule has 6 heteroatoms. The Kier molecular flexibility index (Phi) is 3.38. The molecule has 2 unspecified atom stereocenters. The molecule has 1 saturated heterocycles. The van der Waals surface area contributed by atoms with E-state index in [2.05, 4.69) is 10.1 Å². The molecule has 2 aliphatic rings. The molecule has 0 aliphatic carbocycles. The van der Waals surface area contributed by atoms with Crippen LogP contribution in [0.3, 0.4) is 0 Å². The third kappa shape index (κ3) is 2.33. The van der Waals surface area contributed by atoms with E-state index in [0.29, 0.717) is 5.56 Å². The summed E-state index contributed by atoms with van der Waals surface area (Å²) in [6, 6.07) is 10.3. The van der Waals surface area contributed by atoms with Crippen molar-refractivity contribution in [1.29, 1.82) is 0 Å². The van der Waals surface area contributed by atoms with Crippen LogP contribution in [0.2, 0.25) is 0 Å². The lowest BCUT2D eigenvalue weighted by Gasteiger charge is -2.35. The van der Waals surface area contributed by atoms with Crippen molar-refractivity contribution in [1.82, 2.24) is 24.6 Å². The highest BCUT2D eigenvalue weighted by atomic mass is 16.2. The van der Waals surface area contributed by atoms with Crippen LogP contribution in [0.4, 0.5) is 0 Å². The van der Waals surface area contributed by atoms with Crippen LogP contribution in [0.1, 0.15) is 40.5 Å². The number of aromatic nitrogens is 4. The second kappa shape index (κ2) is 5.76. The van der Waals surface area contributed by atoms with Crippen molar-refractivity contribution in [2.24, 2.45) is 7.05 Å². The minimum atomic E-state index is 0.0587. The maximum absolute atomic E-state index is 13.0. The van der Waals surface area contributed by atoms with Crippen molar-refractivity contribution in [2.45, 2.75) is 31.3 Å². The lowest BCUT2D eigenvalue weighted by molar-refractivity contribution is 0.0644. The molecule has 2 aromatic heterocycles. The highest BCUT2D eigenvalue weighted by Gasteiger charge is 2.43. The first-order chi connectivity index (χ1) is 12.7. The summed E-state index contributed by atoms with van der Waals surface area (Å²) in [5, 5.41) is 4.14. The number of fused-ring (bicyclic) bond motifs is 4. The van der Waals surface area contributed by atoms with Crippen LogP contribution in [0.5, 0.6) is 0 Å². The molecule has 4 heterocycles. The fraction of sp³-hybridized carbons (Fsp3) is 0.300. The topological polar surface area (TPSA) is 63.9 Å². The average Bonchev–Trinajstić information content (AvgIpc) is 3.24. The van der Waals surface area contributed by atoms with Gasteiger partial charge in [-0.25, -0.2) is 9.97 Å². The second-order valence-electron chi connectivity index (χ2n) is 7.03. The first-order valence-corrected chi connectivity index (χ1v) is 8.93. The molecule has 0 saturated carbocycles. The van der Waals surface area contributed by atoms with E-state index in [-0.39, 0.29) is 18.0 Å². The predicted molar refractivity (Wildman–Crippen MR) is 96.3 cm³/mol. The van der Waals surface area contributed by atoms with Gasteiger partial charge in [0.2, 0.25) is 0 Å². The van der Waals surface area contributed by atoms with Crippen LogP contribution in [-0.2, 0) is 13.5 Å². The quantitative estimate of drug-likeness (QED) is 0.716. The number of carbonyl (C=O) groups excluding carboxylic acids is 1. The molecule has 1 fully saturated rings. The normalized spacial score (nSPS) is 20.9.